The van der Waals surface area contributed by atoms with Crippen molar-refractivity contribution in [2.45, 2.75) is 38.6 Å². The van der Waals surface area contributed by atoms with Crippen LogP contribution in [0.3, 0.4) is 0 Å². The van der Waals surface area contributed by atoms with Gasteiger partial charge in [-0.05, 0) is 53.7 Å². The van der Waals surface area contributed by atoms with E-state index in [-0.39, 0.29) is 11.7 Å². The van der Waals surface area contributed by atoms with Crippen LogP contribution in [0.15, 0.2) is 30.6 Å². The lowest BCUT2D eigenvalue weighted by atomic mass is 9.91. The number of aryl methyl sites for hydroxylation is 2. The molecule has 0 saturated carbocycles. The quantitative estimate of drug-likeness (QED) is 0.813. The fourth-order valence-corrected chi connectivity index (χ4v) is 3.24. The van der Waals surface area contributed by atoms with Gasteiger partial charge in [0.15, 0.2) is 0 Å². The van der Waals surface area contributed by atoms with Gasteiger partial charge < -0.3 is 4.90 Å². The number of amides is 1. The van der Waals surface area contributed by atoms with Crippen LogP contribution < -0.4 is 0 Å². The van der Waals surface area contributed by atoms with E-state index >= 15 is 0 Å². The van der Waals surface area contributed by atoms with E-state index in [2.05, 4.69) is 15.5 Å². The van der Waals surface area contributed by atoms with Gasteiger partial charge in [0.05, 0.1) is 6.54 Å². The second-order valence-electron chi connectivity index (χ2n) is 6.30. The molecular formula is C17H22FN5O. The van der Waals surface area contributed by atoms with Crippen LogP contribution in [0.1, 0.15) is 31.2 Å². The van der Waals surface area contributed by atoms with E-state index < -0.39 is 0 Å². The van der Waals surface area contributed by atoms with Crippen LogP contribution in [0.5, 0.6) is 0 Å². The molecule has 1 amide bonds. The SMILES string of the molecule is O=C(CCn1cnnn1)N1CCC[C@@H](CCc2ccccc2F)C1. The van der Waals surface area contributed by atoms with Gasteiger partial charge in [0.2, 0.25) is 5.91 Å². The maximum absolute atomic E-state index is 13.7. The van der Waals surface area contributed by atoms with Gasteiger partial charge >= 0.3 is 0 Å². The Kier molecular flexibility index (Phi) is 5.51. The number of hydrogen-bond acceptors (Lipinski definition) is 4. The molecule has 24 heavy (non-hydrogen) atoms. The van der Waals surface area contributed by atoms with E-state index in [4.69, 9.17) is 0 Å². The average molecular weight is 331 g/mol. The molecule has 0 radical (unpaired) electrons. The molecule has 128 valence electrons. The second kappa shape index (κ2) is 7.99. The number of carbonyl (C=O) groups is 1. The molecule has 1 aliphatic heterocycles. The first-order chi connectivity index (χ1) is 11.7. The summed E-state index contributed by atoms with van der Waals surface area (Å²) in [7, 11) is 0. The van der Waals surface area contributed by atoms with Crippen LogP contribution in [0.4, 0.5) is 4.39 Å². The molecule has 6 nitrogen and oxygen atoms in total. The molecule has 1 aromatic carbocycles. The summed E-state index contributed by atoms with van der Waals surface area (Å²) >= 11 is 0. The van der Waals surface area contributed by atoms with Gasteiger partial charge in [-0.1, -0.05) is 18.2 Å². The van der Waals surface area contributed by atoms with Gasteiger partial charge in [0, 0.05) is 19.5 Å². The minimum atomic E-state index is -0.136. The van der Waals surface area contributed by atoms with Gasteiger partial charge in [-0.25, -0.2) is 9.07 Å². The smallest absolute Gasteiger partial charge is 0.224 e. The lowest BCUT2D eigenvalue weighted by Gasteiger charge is -2.33. The van der Waals surface area contributed by atoms with Crippen molar-refractivity contribution in [2.75, 3.05) is 13.1 Å². The predicted octanol–water partition coefficient (Wildman–Crippen LogP) is 2.07. The Morgan fingerprint density at radius 1 is 1.33 bits per heavy atom. The Morgan fingerprint density at radius 2 is 2.21 bits per heavy atom. The predicted molar refractivity (Wildman–Crippen MR) is 86.5 cm³/mol. The van der Waals surface area contributed by atoms with Gasteiger partial charge in [-0.3, -0.25) is 4.79 Å². The van der Waals surface area contributed by atoms with Crippen LogP contribution in [-0.4, -0.2) is 44.1 Å². The van der Waals surface area contributed by atoms with Gasteiger partial charge in [0.25, 0.3) is 0 Å². The molecular weight excluding hydrogens is 309 g/mol. The molecule has 2 aromatic rings. The highest BCUT2D eigenvalue weighted by molar-refractivity contribution is 5.76. The summed E-state index contributed by atoms with van der Waals surface area (Å²) in [6, 6.07) is 6.93. The number of halogens is 1. The fourth-order valence-electron chi connectivity index (χ4n) is 3.24. The Hall–Kier alpha value is -2.31. The van der Waals surface area contributed by atoms with Crippen molar-refractivity contribution in [3.63, 3.8) is 0 Å². The van der Waals surface area contributed by atoms with E-state index in [1.807, 2.05) is 17.0 Å². The lowest BCUT2D eigenvalue weighted by molar-refractivity contribution is -0.133. The number of likely N-dealkylation sites (tertiary alicyclic amines) is 1. The first-order valence-electron chi connectivity index (χ1n) is 8.44. The van der Waals surface area contributed by atoms with Crippen LogP contribution >= 0.6 is 0 Å². The van der Waals surface area contributed by atoms with Crippen molar-refractivity contribution in [3.8, 4) is 0 Å². The number of aromatic nitrogens is 4. The zero-order valence-corrected chi connectivity index (χ0v) is 13.6. The summed E-state index contributed by atoms with van der Waals surface area (Å²) in [5.74, 6) is 0.444. The molecule has 0 N–H and O–H groups in total. The third-order valence-corrected chi connectivity index (χ3v) is 4.60. The highest BCUT2D eigenvalue weighted by atomic mass is 19.1. The Morgan fingerprint density at radius 3 is 3.00 bits per heavy atom. The largest absolute Gasteiger partial charge is 0.342 e. The molecule has 1 aliphatic rings. The monoisotopic (exact) mass is 331 g/mol. The van der Waals surface area contributed by atoms with Crippen molar-refractivity contribution < 1.29 is 9.18 Å². The number of tetrazole rings is 1. The van der Waals surface area contributed by atoms with Crippen molar-refractivity contribution in [1.82, 2.24) is 25.1 Å². The Balaban J connectivity index is 1.47. The van der Waals surface area contributed by atoms with E-state index in [0.717, 1.165) is 44.3 Å². The molecule has 7 heteroatoms. The number of piperidine rings is 1. The topological polar surface area (TPSA) is 63.9 Å². The van der Waals surface area contributed by atoms with Crippen LogP contribution in [-0.2, 0) is 17.8 Å². The van der Waals surface area contributed by atoms with E-state index in [1.54, 1.807) is 10.7 Å². The van der Waals surface area contributed by atoms with E-state index in [0.29, 0.717) is 18.9 Å². The Labute approximate surface area is 140 Å². The number of rotatable bonds is 6. The summed E-state index contributed by atoms with van der Waals surface area (Å²) in [6.07, 6.45) is 5.68. The van der Waals surface area contributed by atoms with Gasteiger partial charge in [0.1, 0.15) is 12.1 Å². The lowest BCUT2D eigenvalue weighted by Crippen LogP contribution is -2.40. The van der Waals surface area contributed by atoms with E-state index in [1.165, 1.54) is 12.4 Å². The second-order valence-corrected chi connectivity index (χ2v) is 6.30. The van der Waals surface area contributed by atoms with Crippen LogP contribution in [0.25, 0.3) is 0 Å². The number of hydrogen-bond donors (Lipinski definition) is 0. The summed E-state index contributed by atoms with van der Waals surface area (Å²) in [5, 5.41) is 10.9. The van der Waals surface area contributed by atoms with Crippen LogP contribution in [0.2, 0.25) is 0 Å². The molecule has 1 saturated heterocycles. The zero-order valence-electron chi connectivity index (χ0n) is 13.6. The Bertz CT molecular complexity index is 661. The molecule has 1 aromatic heterocycles. The molecule has 0 spiro atoms. The fraction of sp³-hybridized carbons (Fsp3) is 0.529. The number of benzene rings is 1. The normalized spacial score (nSPS) is 17.9. The van der Waals surface area contributed by atoms with Crippen molar-refractivity contribution in [2.24, 2.45) is 5.92 Å². The molecule has 1 atom stereocenters. The maximum atomic E-state index is 13.7. The molecule has 2 heterocycles. The molecule has 1 fully saturated rings. The van der Waals surface area contributed by atoms with Crippen molar-refractivity contribution in [3.05, 3.63) is 42.0 Å². The minimum absolute atomic E-state index is 0.136. The van der Waals surface area contributed by atoms with Gasteiger partial charge in [-0.15, -0.1) is 5.10 Å². The highest BCUT2D eigenvalue weighted by Crippen LogP contribution is 2.23. The summed E-state index contributed by atoms with van der Waals surface area (Å²) in [5.41, 5.74) is 0.764. The summed E-state index contributed by atoms with van der Waals surface area (Å²) < 4.78 is 15.3. The molecule has 3 rings (SSSR count). The number of nitrogens with zero attached hydrogens (tertiary/aromatic N) is 5. The summed E-state index contributed by atoms with van der Waals surface area (Å²) in [4.78, 5) is 14.3. The van der Waals surface area contributed by atoms with Crippen molar-refractivity contribution in [1.29, 1.82) is 0 Å². The molecule has 0 unspecified atom stereocenters. The highest BCUT2D eigenvalue weighted by Gasteiger charge is 2.23. The summed E-state index contributed by atoms with van der Waals surface area (Å²) in [6.45, 7) is 2.08. The maximum Gasteiger partial charge on any atom is 0.224 e. The molecule has 0 bridgehead atoms. The van der Waals surface area contributed by atoms with E-state index in [9.17, 15) is 9.18 Å². The standard InChI is InChI=1S/C17H22FN5O/c18-16-6-2-1-5-15(16)8-7-14-4-3-10-22(12-14)17(24)9-11-23-13-19-20-21-23/h1-2,5-6,13-14H,3-4,7-12H2/t14-/m0/s1. The third kappa shape index (κ3) is 4.37. The first-order valence-corrected chi connectivity index (χ1v) is 8.44. The third-order valence-electron chi connectivity index (χ3n) is 4.60. The first kappa shape index (κ1) is 16.5. The van der Waals surface area contributed by atoms with Crippen LogP contribution in [0, 0.1) is 11.7 Å². The van der Waals surface area contributed by atoms with Gasteiger partial charge in [-0.2, -0.15) is 0 Å². The average Bonchev–Trinajstić information content (AvgIpc) is 3.13. The van der Waals surface area contributed by atoms with Crippen molar-refractivity contribution >= 4 is 5.91 Å². The zero-order chi connectivity index (χ0) is 16.8. The minimum Gasteiger partial charge on any atom is -0.342 e. The molecule has 0 aliphatic carbocycles. The number of carbonyl (C=O) groups excluding carboxylic acids is 1.